The van der Waals surface area contributed by atoms with Crippen molar-refractivity contribution in [2.45, 2.75) is 37.8 Å². The first kappa shape index (κ1) is 32.8. The normalized spacial score (nSPS) is 11.8. The molecule has 0 spiro atoms. The largest absolute Gasteiger partial charge is 0.494 e. The molecular formula is C34H36BrN3O5S. The summed E-state index contributed by atoms with van der Waals surface area (Å²) in [6.45, 7) is 3.75. The van der Waals surface area contributed by atoms with Crippen LogP contribution in [-0.2, 0) is 32.6 Å². The molecule has 4 aromatic rings. The highest BCUT2D eigenvalue weighted by Crippen LogP contribution is 2.27. The van der Waals surface area contributed by atoms with Gasteiger partial charge in [-0.05, 0) is 73.5 Å². The predicted octanol–water partition coefficient (Wildman–Crippen LogP) is 5.74. The summed E-state index contributed by atoms with van der Waals surface area (Å²) < 4.78 is 35.7. The fraction of sp³-hybridized carbons (Fsp3) is 0.235. The van der Waals surface area contributed by atoms with E-state index < -0.39 is 28.5 Å². The average molecular weight is 679 g/mol. The first-order valence-electron chi connectivity index (χ1n) is 14.2. The average Bonchev–Trinajstić information content (AvgIpc) is 3.02. The summed E-state index contributed by atoms with van der Waals surface area (Å²) in [5.41, 5.74) is 2.85. The number of carbonyl (C=O) groups excluding carboxylic acids is 2. The number of ether oxygens (including phenoxy) is 1. The Bertz CT molecular complexity index is 1660. The van der Waals surface area contributed by atoms with E-state index in [-0.39, 0.29) is 23.8 Å². The number of carbonyl (C=O) groups is 2. The first-order chi connectivity index (χ1) is 21.1. The molecule has 0 aliphatic carbocycles. The van der Waals surface area contributed by atoms with Crippen LogP contribution in [0.15, 0.2) is 112 Å². The molecule has 2 amide bonds. The Labute approximate surface area is 267 Å². The van der Waals surface area contributed by atoms with Gasteiger partial charge in [-0.25, -0.2) is 8.42 Å². The molecule has 10 heteroatoms. The van der Waals surface area contributed by atoms with E-state index in [0.717, 1.165) is 25.5 Å². The van der Waals surface area contributed by atoms with Crippen molar-refractivity contribution in [1.29, 1.82) is 0 Å². The maximum Gasteiger partial charge on any atom is 0.264 e. The topological polar surface area (TPSA) is 96.0 Å². The van der Waals surface area contributed by atoms with Crippen LogP contribution < -0.4 is 14.4 Å². The number of sulfonamides is 1. The van der Waals surface area contributed by atoms with Crippen LogP contribution >= 0.6 is 15.9 Å². The standard InChI is InChI=1S/C34H36BrN3O5S/c1-4-43-30-17-15-29(16-18-30)38(44(41,42)31-19-13-25(2)14-20-31)24-33(39)37(23-27-11-8-12-28(35)21-27)32(34(40)36-3)22-26-9-6-5-7-10-26/h5-21,32H,4,22-24H2,1-3H3,(H,36,40). The van der Waals surface area contributed by atoms with Crippen LogP contribution in [0.1, 0.15) is 23.6 Å². The number of amides is 2. The Morgan fingerprint density at radius 3 is 2.16 bits per heavy atom. The molecule has 230 valence electrons. The van der Waals surface area contributed by atoms with Crippen LogP contribution in [0.5, 0.6) is 5.75 Å². The van der Waals surface area contributed by atoms with Crippen LogP contribution in [-0.4, -0.2) is 51.4 Å². The molecule has 44 heavy (non-hydrogen) atoms. The zero-order valence-electron chi connectivity index (χ0n) is 24.9. The molecule has 0 saturated heterocycles. The van der Waals surface area contributed by atoms with Crippen molar-refractivity contribution in [2.24, 2.45) is 0 Å². The molecule has 0 bridgehead atoms. The lowest BCUT2D eigenvalue weighted by atomic mass is 10.0. The third kappa shape index (κ3) is 8.27. The Kier molecular flexibility index (Phi) is 11.2. The molecule has 0 radical (unpaired) electrons. The van der Waals surface area contributed by atoms with Gasteiger partial charge in [-0.3, -0.25) is 13.9 Å². The van der Waals surface area contributed by atoms with Crippen LogP contribution in [0.2, 0.25) is 0 Å². The van der Waals surface area contributed by atoms with Crippen LogP contribution in [0.25, 0.3) is 0 Å². The van der Waals surface area contributed by atoms with Crippen molar-refractivity contribution >= 4 is 43.5 Å². The quantitative estimate of drug-likeness (QED) is 0.195. The molecular weight excluding hydrogens is 642 g/mol. The van der Waals surface area contributed by atoms with Gasteiger partial charge in [0.15, 0.2) is 0 Å². The van der Waals surface area contributed by atoms with Gasteiger partial charge in [0.05, 0.1) is 17.2 Å². The summed E-state index contributed by atoms with van der Waals surface area (Å²) in [4.78, 5) is 29.2. The minimum Gasteiger partial charge on any atom is -0.494 e. The lowest BCUT2D eigenvalue weighted by molar-refractivity contribution is -0.139. The highest BCUT2D eigenvalue weighted by atomic mass is 79.9. The molecule has 0 aliphatic heterocycles. The molecule has 4 rings (SSSR count). The van der Waals surface area contributed by atoms with E-state index in [4.69, 9.17) is 4.74 Å². The molecule has 1 atom stereocenters. The Balaban J connectivity index is 1.78. The first-order valence-corrected chi connectivity index (χ1v) is 16.5. The maximum atomic E-state index is 14.4. The second-order valence-electron chi connectivity index (χ2n) is 10.2. The summed E-state index contributed by atoms with van der Waals surface area (Å²) in [5, 5.41) is 2.69. The summed E-state index contributed by atoms with van der Waals surface area (Å²) in [6.07, 6.45) is 0.244. The van der Waals surface area contributed by atoms with Gasteiger partial charge in [0.1, 0.15) is 18.3 Å². The molecule has 0 fully saturated rings. The third-order valence-electron chi connectivity index (χ3n) is 7.08. The molecule has 0 saturated carbocycles. The number of likely N-dealkylation sites (N-methyl/N-ethyl adjacent to an activating group) is 1. The van der Waals surface area contributed by atoms with Gasteiger partial charge in [-0.15, -0.1) is 0 Å². The van der Waals surface area contributed by atoms with Crippen LogP contribution in [0.3, 0.4) is 0 Å². The number of rotatable bonds is 13. The molecule has 8 nitrogen and oxygen atoms in total. The molecule has 0 aromatic heterocycles. The Morgan fingerprint density at radius 2 is 1.55 bits per heavy atom. The Morgan fingerprint density at radius 1 is 0.886 bits per heavy atom. The molecule has 1 unspecified atom stereocenters. The summed E-state index contributed by atoms with van der Waals surface area (Å²) >= 11 is 3.49. The van der Waals surface area contributed by atoms with Crippen molar-refractivity contribution in [3.8, 4) is 5.75 Å². The van der Waals surface area contributed by atoms with Gasteiger partial charge in [-0.2, -0.15) is 0 Å². The van der Waals surface area contributed by atoms with Crippen molar-refractivity contribution in [3.05, 3.63) is 124 Å². The zero-order valence-corrected chi connectivity index (χ0v) is 27.3. The molecule has 1 N–H and O–H groups in total. The smallest absolute Gasteiger partial charge is 0.264 e. The van der Waals surface area contributed by atoms with Gasteiger partial charge in [0.2, 0.25) is 11.8 Å². The number of hydrogen-bond donors (Lipinski definition) is 1. The van der Waals surface area contributed by atoms with Crippen LogP contribution in [0.4, 0.5) is 5.69 Å². The van der Waals surface area contributed by atoms with Gasteiger partial charge in [0, 0.05) is 24.5 Å². The zero-order chi connectivity index (χ0) is 31.7. The molecule has 0 heterocycles. The van der Waals surface area contributed by atoms with Crippen molar-refractivity contribution in [1.82, 2.24) is 10.2 Å². The highest BCUT2D eigenvalue weighted by molar-refractivity contribution is 9.10. The number of nitrogens with zero attached hydrogens (tertiary/aromatic N) is 2. The van der Waals surface area contributed by atoms with Gasteiger partial charge < -0.3 is 15.0 Å². The number of halogens is 1. The van der Waals surface area contributed by atoms with Gasteiger partial charge >= 0.3 is 0 Å². The van der Waals surface area contributed by atoms with Crippen molar-refractivity contribution < 1.29 is 22.7 Å². The highest BCUT2D eigenvalue weighted by Gasteiger charge is 2.34. The fourth-order valence-corrected chi connectivity index (χ4v) is 6.65. The van der Waals surface area contributed by atoms with Crippen LogP contribution in [0, 0.1) is 6.92 Å². The SMILES string of the molecule is CCOc1ccc(N(CC(=O)N(Cc2cccc(Br)c2)C(Cc2ccccc2)C(=O)NC)S(=O)(=O)c2ccc(C)cc2)cc1. The number of benzene rings is 4. The molecule has 0 aliphatic rings. The van der Waals surface area contributed by atoms with E-state index in [0.29, 0.717) is 18.0 Å². The third-order valence-corrected chi connectivity index (χ3v) is 9.36. The minimum absolute atomic E-state index is 0.0514. The second kappa shape index (κ2) is 15.0. The van der Waals surface area contributed by atoms with Gasteiger partial charge in [0.25, 0.3) is 10.0 Å². The molecule has 4 aromatic carbocycles. The summed E-state index contributed by atoms with van der Waals surface area (Å²) in [6, 6.07) is 29.0. The lowest BCUT2D eigenvalue weighted by Crippen LogP contribution is -2.53. The van der Waals surface area contributed by atoms with E-state index in [1.54, 1.807) is 36.4 Å². The van der Waals surface area contributed by atoms with E-state index in [1.165, 1.54) is 24.1 Å². The van der Waals surface area contributed by atoms with E-state index in [9.17, 15) is 18.0 Å². The van der Waals surface area contributed by atoms with Crippen molar-refractivity contribution in [2.75, 3.05) is 24.5 Å². The van der Waals surface area contributed by atoms with E-state index in [2.05, 4.69) is 21.2 Å². The lowest BCUT2D eigenvalue weighted by Gasteiger charge is -2.33. The number of anilines is 1. The fourth-order valence-electron chi connectivity index (χ4n) is 4.79. The monoisotopic (exact) mass is 677 g/mol. The summed E-state index contributed by atoms with van der Waals surface area (Å²) in [5.74, 6) is -0.306. The number of aryl methyl sites for hydroxylation is 1. The Hall–Kier alpha value is -4.15. The van der Waals surface area contributed by atoms with Gasteiger partial charge in [-0.1, -0.05) is 76.1 Å². The number of nitrogens with one attached hydrogen (secondary N) is 1. The van der Waals surface area contributed by atoms with Crippen molar-refractivity contribution in [3.63, 3.8) is 0 Å². The summed E-state index contributed by atoms with van der Waals surface area (Å²) in [7, 11) is -2.65. The van der Waals surface area contributed by atoms with E-state index in [1.807, 2.05) is 68.4 Å². The maximum absolute atomic E-state index is 14.4. The predicted molar refractivity (Wildman–Crippen MR) is 176 cm³/mol. The van der Waals surface area contributed by atoms with E-state index >= 15 is 0 Å². The minimum atomic E-state index is -4.18. The second-order valence-corrected chi connectivity index (χ2v) is 13.0. The number of hydrogen-bond acceptors (Lipinski definition) is 5.